The van der Waals surface area contributed by atoms with E-state index in [0.29, 0.717) is 49.1 Å². The molecule has 24 heavy (non-hydrogen) atoms. The molecule has 2 aliphatic rings. The van der Waals surface area contributed by atoms with Crippen LogP contribution in [0, 0.1) is 0 Å². The molecule has 7 heteroatoms. The predicted octanol–water partition coefficient (Wildman–Crippen LogP) is 2.44. The highest BCUT2D eigenvalue weighted by molar-refractivity contribution is 6.35. The number of halogens is 2. The lowest BCUT2D eigenvalue weighted by Gasteiger charge is -2.38. The molecular weight excluding hydrogens is 351 g/mol. The summed E-state index contributed by atoms with van der Waals surface area (Å²) in [7, 11) is 0. The minimum atomic E-state index is -0.794. The van der Waals surface area contributed by atoms with Crippen LogP contribution >= 0.6 is 23.2 Å². The van der Waals surface area contributed by atoms with Crippen LogP contribution in [0.4, 0.5) is 0 Å². The third kappa shape index (κ3) is 3.39. The first-order chi connectivity index (χ1) is 11.5. The molecule has 2 aliphatic heterocycles. The van der Waals surface area contributed by atoms with Gasteiger partial charge in [-0.05, 0) is 43.4 Å². The first kappa shape index (κ1) is 17.5. The Bertz CT molecular complexity index is 645. The molecule has 130 valence electrons. The summed E-state index contributed by atoms with van der Waals surface area (Å²) in [5, 5.41) is 6.70. The highest BCUT2D eigenvalue weighted by Crippen LogP contribution is 2.40. The van der Waals surface area contributed by atoms with Crippen LogP contribution in [0.15, 0.2) is 18.2 Å². The molecule has 0 saturated carbocycles. The van der Waals surface area contributed by atoms with Gasteiger partial charge in [0, 0.05) is 29.8 Å². The maximum atomic E-state index is 13.1. The SMILES string of the molecule is O=C1NCCC[C@@H]1NC(=O)C1(c2ccc(Cl)cc2Cl)CCOCC1. The number of carbonyl (C=O) groups is 2. The molecule has 0 bridgehead atoms. The van der Waals surface area contributed by atoms with Crippen molar-refractivity contribution in [1.29, 1.82) is 0 Å². The highest BCUT2D eigenvalue weighted by Gasteiger charge is 2.44. The Balaban J connectivity index is 1.90. The Hall–Kier alpha value is -1.30. The van der Waals surface area contributed by atoms with Gasteiger partial charge >= 0.3 is 0 Å². The van der Waals surface area contributed by atoms with E-state index in [4.69, 9.17) is 27.9 Å². The molecule has 2 amide bonds. The monoisotopic (exact) mass is 370 g/mol. The average molecular weight is 371 g/mol. The van der Waals surface area contributed by atoms with Crippen molar-refractivity contribution in [3.8, 4) is 0 Å². The van der Waals surface area contributed by atoms with Crippen molar-refractivity contribution in [3.63, 3.8) is 0 Å². The fourth-order valence-corrected chi connectivity index (χ4v) is 4.01. The first-order valence-corrected chi connectivity index (χ1v) is 8.90. The molecular formula is C17H20Cl2N2O3. The Labute approximate surface area is 151 Å². The average Bonchev–Trinajstić information content (AvgIpc) is 2.57. The Morgan fingerprint density at radius 3 is 2.71 bits per heavy atom. The second-order valence-electron chi connectivity index (χ2n) is 6.28. The van der Waals surface area contributed by atoms with Crippen molar-refractivity contribution in [2.24, 2.45) is 0 Å². The maximum Gasteiger partial charge on any atom is 0.242 e. The van der Waals surface area contributed by atoms with Crippen molar-refractivity contribution in [1.82, 2.24) is 10.6 Å². The van der Waals surface area contributed by atoms with Crippen molar-refractivity contribution in [2.75, 3.05) is 19.8 Å². The van der Waals surface area contributed by atoms with Crippen molar-refractivity contribution in [2.45, 2.75) is 37.1 Å². The van der Waals surface area contributed by atoms with Gasteiger partial charge in [-0.2, -0.15) is 0 Å². The van der Waals surface area contributed by atoms with Gasteiger partial charge < -0.3 is 15.4 Å². The summed E-state index contributed by atoms with van der Waals surface area (Å²) in [5.74, 6) is -0.295. The van der Waals surface area contributed by atoms with Crippen LogP contribution in [0.3, 0.4) is 0 Å². The molecule has 1 atom stereocenters. The minimum Gasteiger partial charge on any atom is -0.381 e. The molecule has 1 aromatic carbocycles. The standard InChI is InChI=1S/C17H20Cl2N2O3/c18-11-3-4-12(13(19)10-11)17(5-8-24-9-6-17)16(23)21-14-2-1-7-20-15(14)22/h3-4,10,14H,1-2,5-9H2,(H,20,22)(H,21,23)/t14-/m0/s1. The lowest BCUT2D eigenvalue weighted by atomic mass is 9.73. The summed E-state index contributed by atoms with van der Waals surface area (Å²) in [4.78, 5) is 25.1. The summed E-state index contributed by atoms with van der Waals surface area (Å²) in [6.45, 7) is 1.61. The van der Waals surface area contributed by atoms with Gasteiger partial charge in [0.2, 0.25) is 11.8 Å². The molecule has 2 heterocycles. The molecule has 5 nitrogen and oxygen atoms in total. The third-order valence-corrected chi connectivity index (χ3v) is 5.37. The molecule has 1 aromatic rings. The minimum absolute atomic E-state index is 0.126. The quantitative estimate of drug-likeness (QED) is 0.858. The Kier molecular flexibility index (Phi) is 5.33. The topological polar surface area (TPSA) is 67.4 Å². The molecule has 2 N–H and O–H groups in total. The van der Waals surface area contributed by atoms with Crippen molar-refractivity contribution < 1.29 is 14.3 Å². The van der Waals surface area contributed by atoms with Gasteiger partial charge in [0.15, 0.2) is 0 Å². The molecule has 0 unspecified atom stereocenters. The van der Waals surface area contributed by atoms with Crippen LogP contribution in [-0.4, -0.2) is 37.6 Å². The second-order valence-corrected chi connectivity index (χ2v) is 7.12. The van der Waals surface area contributed by atoms with E-state index in [0.717, 1.165) is 12.0 Å². The zero-order valence-electron chi connectivity index (χ0n) is 13.2. The lowest BCUT2D eigenvalue weighted by molar-refractivity contribution is -0.135. The van der Waals surface area contributed by atoms with E-state index in [9.17, 15) is 9.59 Å². The van der Waals surface area contributed by atoms with Crippen LogP contribution < -0.4 is 10.6 Å². The molecule has 2 saturated heterocycles. The summed E-state index contributed by atoms with van der Waals surface area (Å²) < 4.78 is 5.44. The van der Waals surface area contributed by atoms with Gasteiger partial charge in [0.1, 0.15) is 6.04 Å². The third-order valence-electron chi connectivity index (χ3n) is 4.82. The van der Waals surface area contributed by atoms with Crippen LogP contribution in [0.2, 0.25) is 10.0 Å². The number of piperidine rings is 1. The fraction of sp³-hybridized carbons (Fsp3) is 0.529. The Morgan fingerprint density at radius 2 is 2.04 bits per heavy atom. The highest BCUT2D eigenvalue weighted by atomic mass is 35.5. The van der Waals surface area contributed by atoms with E-state index in [-0.39, 0.29) is 11.8 Å². The molecule has 2 fully saturated rings. The number of hydrogen-bond donors (Lipinski definition) is 2. The van der Waals surface area contributed by atoms with E-state index in [2.05, 4.69) is 10.6 Å². The van der Waals surface area contributed by atoms with Gasteiger partial charge in [-0.3, -0.25) is 9.59 Å². The smallest absolute Gasteiger partial charge is 0.242 e. The van der Waals surface area contributed by atoms with Crippen LogP contribution in [0.5, 0.6) is 0 Å². The van der Waals surface area contributed by atoms with E-state index in [1.54, 1.807) is 18.2 Å². The molecule has 0 spiro atoms. The van der Waals surface area contributed by atoms with Gasteiger partial charge in [-0.1, -0.05) is 29.3 Å². The lowest BCUT2D eigenvalue weighted by Crippen LogP contribution is -2.56. The number of hydrogen-bond acceptors (Lipinski definition) is 3. The maximum absolute atomic E-state index is 13.1. The number of rotatable bonds is 3. The predicted molar refractivity (Wildman–Crippen MR) is 92.4 cm³/mol. The van der Waals surface area contributed by atoms with Crippen LogP contribution in [0.25, 0.3) is 0 Å². The van der Waals surface area contributed by atoms with E-state index in [1.165, 1.54) is 0 Å². The van der Waals surface area contributed by atoms with Crippen molar-refractivity contribution in [3.05, 3.63) is 33.8 Å². The number of carbonyl (C=O) groups excluding carboxylic acids is 2. The van der Waals surface area contributed by atoms with E-state index in [1.807, 2.05) is 0 Å². The van der Waals surface area contributed by atoms with Gasteiger partial charge in [-0.15, -0.1) is 0 Å². The van der Waals surface area contributed by atoms with Crippen LogP contribution in [-0.2, 0) is 19.7 Å². The van der Waals surface area contributed by atoms with Gasteiger partial charge in [0.05, 0.1) is 5.41 Å². The van der Waals surface area contributed by atoms with E-state index < -0.39 is 11.5 Å². The molecule has 0 aliphatic carbocycles. The zero-order valence-corrected chi connectivity index (χ0v) is 14.8. The van der Waals surface area contributed by atoms with E-state index >= 15 is 0 Å². The number of nitrogens with one attached hydrogen (secondary N) is 2. The first-order valence-electron chi connectivity index (χ1n) is 8.15. The zero-order chi connectivity index (χ0) is 17.2. The Morgan fingerprint density at radius 1 is 1.29 bits per heavy atom. The fourth-order valence-electron chi connectivity index (χ4n) is 3.42. The largest absolute Gasteiger partial charge is 0.381 e. The van der Waals surface area contributed by atoms with Crippen LogP contribution in [0.1, 0.15) is 31.2 Å². The second kappa shape index (κ2) is 7.30. The summed E-state index contributed by atoms with van der Waals surface area (Å²) in [6, 6.07) is 4.70. The summed E-state index contributed by atoms with van der Waals surface area (Å²) >= 11 is 12.4. The number of ether oxygens (including phenoxy) is 1. The van der Waals surface area contributed by atoms with Crippen molar-refractivity contribution >= 4 is 35.0 Å². The molecule has 0 radical (unpaired) electrons. The molecule has 3 rings (SSSR count). The normalized spacial score (nSPS) is 23.4. The summed E-state index contributed by atoms with van der Waals surface area (Å²) in [5.41, 5.74) is -0.0527. The van der Waals surface area contributed by atoms with Gasteiger partial charge in [0.25, 0.3) is 0 Å². The number of benzene rings is 1. The van der Waals surface area contributed by atoms with Gasteiger partial charge in [-0.25, -0.2) is 0 Å². The molecule has 0 aromatic heterocycles. The number of amides is 2. The summed E-state index contributed by atoms with van der Waals surface area (Å²) in [6.07, 6.45) is 2.55.